The van der Waals surface area contributed by atoms with Crippen LogP contribution in [-0.4, -0.2) is 40.5 Å². The molecule has 2 aliphatic heterocycles. The minimum absolute atomic E-state index is 0.0831. The molecule has 1 aromatic heterocycles. The van der Waals surface area contributed by atoms with Gasteiger partial charge in [-0.25, -0.2) is 4.98 Å². The van der Waals surface area contributed by atoms with Crippen molar-refractivity contribution in [3.05, 3.63) is 46.4 Å². The van der Waals surface area contributed by atoms with Gasteiger partial charge in [-0.1, -0.05) is 12.1 Å². The molecule has 1 fully saturated rings. The fourth-order valence-corrected chi connectivity index (χ4v) is 3.80. The third-order valence-corrected chi connectivity index (χ3v) is 4.92. The molecule has 118 valence electrons. The highest BCUT2D eigenvalue weighted by molar-refractivity contribution is 7.07. The molecule has 0 radical (unpaired) electrons. The topological polar surface area (TPSA) is 74.3 Å². The SMILES string of the molecule is O=C1NC2(CCCN(C(=O)c3cscn3)C2)Nc2ccccc21. The number of likely N-dealkylation sites (tertiary alicyclic amines) is 1. The zero-order valence-corrected chi connectivity index (χ0v) is 13.2. The number of nitrogens with zero attached hydrogens (tertiary/aromatic N) is 2. The van der Waals surface area contributed by atoms with Gasteiger partial charge in [0, 0.05) is 17.6 Å². The summed E-state index contributed by atoms with van der Waals surface area (Å²) in [7, 11) is 0. The molecule has 2 amide bonds. The molecule has 1 spiro atoms. The van der Waals surface area contributed by atoms with E-state index in [4.69, 9.17) is 0 Å². The van der Waals surface area contributed by atoms with E-state index in [2.05, 4.69) is 15.6 Å². The van der Waals surface area contributed by atoms with E-state index in [0.29, 0.717) is 24.3 Å². The first-order valence-corrected chi connectivity index (χ1v) is 8.48. The number of thiazole rings is 1. The standard InChI is InChI=1S/C16H16N4O2S/c21-14-11-4-1-2-5-12(11)18-16(19-14)6-3-7-20(9-16)15(22)13-8-23-10-17-13/h1-2,4-5,8,10,18H,3,6-7,9H2,(H,19,21). The Bertz CT molecular complexity index is 761. The number of fused-ring (bicyclic) bond motifs is 1. The van der Waals surface area contributed by atoms with Crippen molar-refractivity contribution in [1.29, 1.82) is 0 Å². The maximum absolute atomic E-state index is 12.5. The number of carbonyl (C=O) groups is 2. The van der Waals surface area contributed by atoms with E-state index in [1.54, 1.807) is 21.9 Å². The number of amides is 2. The summed E-state index contributed by atoms with van der Waals surface area (Å²) in [5.41, 5.74) is 2.98. The van der Waals surface area contributed by atoms with Crippen LogP contribution in [0, 0.1) is 0 Å². The van der Waals surface area contributed by atoms with Gasteiger partial charge in [0.15, 0.2) is 0 Å². The monoisotopic (exact) mass is 328 g/mol. The van der Waals surface area contributed by atoms with Crippen molar-refractivity contribution in [1.82, 2.24) is 15.2 Å². The predicted molar refractivity (Wildman–Crippen MR) is 87.5 cm³/mol. The summed E-state index contributed by atoms with van der Waals surface area (Å²) >= 11 is 1.41. The van der Waals surface area contributed by atoms with Crippen LogP contribution in [0.4, 0.5) is 5.69 Å². The van der Waals surface area contributed by atoms with Gasteiger partial charge < -0.3 is 15.5 Å². The average molecular weight is 328 g/mol. The van der Waals surface area contributed by atoms with Gasteiger partial charge >= 0.3 is 0 Å². The van der Waals surface area contributed by atoms with Crippen LogP contribution < -0.4 is 10.6 Å². The zero-order chi connectivity index (χ0) is 15.9. The Morgan fingerprint density at radius 2 is 2.17 bits per heavy atom. The Morgan fingerprint density at radius 1 is 1.30 bits per heavy atom. The first kappa shape index (κ1) is 14.2. The van der Waals surface area contributed by atoms with Crippen molar-refractivity contribution in [3.8, 4) is 0 Å². The van der Waals surface area contributed by atoms with Gasteiger partial charge in [-0.3, -0.25) is 9.59 Å². The minimum Gasteiger partial charge on any atom is -0.361 e. The van der Waals surface area contributed by atoms with Gasteiger partial charge in [0.25, 0.3) is 11.8 Å². The van der Waals surface area contributed by atoms with Crippen LogP contribution in [0.2, 0.25) is 0 Å². The summed E-state index contributed by atoms with van der Waals surface area (Å²) < 4.78 is 0. The number of carbonyl (C=O) groups excluding carboxylic acids is 2. The zero-order valence-electron chi connectivity index (χ0n) is 12.4. The van der Waals surface area contributed by atoms with Crippen molar-refractivity contribution in [2.24, 2.45) is 0 Å². The van der Waals surface area contributed by atoms with Crippen LogP contribution in [0.25, 0.3) is 0 Å². The smallest absolute Gasteiger partial charge is 0.273 e. The molecule has 23 heavy (non-hydrogen) atoms. The van der Waals surface area contributed by atoms with Crippen LogP contribution in [0.5, 0.6) is 0 Å². The second-order valence-electron chi connectivity index (χ2n) is 5.91. The average Bonchev–Trinajstić information content (AvgIpc) is 3.08. The number of rotatable bonds is 1. The maximum Gasteiger partial charge on any atom is 0.273 e. The fourth-order valence-electron chi connectivity index (χ4n) is 3.28. The molecule has 2 N–H and O–H groups in total. The molecule has 2 aliphatic rings. The summed E-state index contributed by atoms with van der Waals surface area (Å²) in [5, 5.41) is 8.24. The van der Waals surface area contributed by atoms with Gasteiger partial charge in [0.05, 0.1) is 17.6 Å². The number of nitrogens with one attached hydrogen (secondary N) is 2. The van der Waals surface area contributed by atoms with Crippen molar-refractivity contribution < 1.29 is 9.59 Å². The number of para-hydroxylation sites is 1. The summed E-state index contributed by atoms with van der Waals surface area (Å²) in [6, 6.07) is 7.44. The number of piperidine rings is 1. The molecule has 0 saturated carbocycles. The van der Waals surface area contributed by atoms with Gasteiger partial charge in [0.1, 0.15) is 11.4 Å². The molecular formula is C16H16N4O2S. The Hall–Kier alpha value is -2.41. The quantitative estimate of drug-likeness (QED) is 0.839. The van der Waals surface area contributed by atoms with E-state index in [9.17, 15) is 9.59 Å². The molecule has 4 rings (SSSR count). The third kappa shape index (κ3) is 2.46. The van der Waals surface area contributed by atoms with Gasteiger partial charge in [-0.05, 0) is 25.0 Å². The van der Waals surface area contributed by atoms with Crippen molar-refractivity contribution in [2.45, 2.75) is 18.5 Å². The van der Waals surface area contributed by atoms with Crippen LogP contribution in [-0.2, 0) is 0 Å². The van der Waals surface area contributed by atoms with Crippen LogP contribution in [0.15, 0.2) is 35.2 Å². The molecular weight excluding hydrogens is 312 g/mol. The lowest BCUT2D eigenvalue weighted by Gasteiger charge is -2.46. The molecule has 6 nitrogen and oxygen atoms in total. The summed E-state index contributed by atoms with van der Waals surface area (Å²) in [6.07, 6.45) is 1.61. The lowest BCUT2D eigenvalue weighted by Crippen LogP contribution is -2.66. The largest absolute Gasteiger partial charge is 0.361 e. The number of anilines is 1. The highest BCUT2D eigenvalue weighted by Crippen LogP contribution is 2.30. The molecule has 3 heterocycles. The van der Waals surface area contributed by atoms with Crippen molar-refractivity contribution >= 4 is 28.8 Å². The second kappa shape index (κ2) is 5.34. The van der Waals surface area contributed by atoms with E-state index in [1.807, 2.05) is 18.2 Å². The number of hydrogen-bond acceptors (Lipinski definition) is 5. The molecule has 2 aromatic rings. The Labute approximate surface area is 137 Å². The van der Waals surface area contributed by atoms with E-state index < -0.39 is 5.66 Å². The van der Waals surface area contributed by atoms with Crippen LogP contribution in [0.1, 0.15) is 33.7 Å². The van der Waals surface area contributed by atoms with Crippen molar-refractivity contribution in [2.75, 3.05) is 18.4 Å². The molecule has 1 unspecified atom stereocenters. The molecule has 1 atom stereocenters. The van der Waals surface area contributed by atoms with E-state index in [0.717, 1.165) is 18.5 Å². The Kier molecular flexibility index (Phi) is 3.30. The third-order valence-electron chi connectivity index (χ3n) is 4.33. The highest BCUT2D eigenvalue weighted by atomic mass is 32.1. The number of hydrogen-bond donors (Lipinski definition) is 2. The first-order chi connectivity index (χ1) is 11.2. The number of benzene rings is 1. The first-order valence-electron chi connectivity index (χ1n) is 7.54. The van der Waals surface area contributed by atoms with Crippen LogP contribution in [0.3, 0.4) is 0 Å². The molecule has 1 aromatic carbocycles. The van der Waals surface area contributed by atoms with E-state index >= 15 is 0 Å². The molecule has 0 aliphatic carbocycles. The molecule has 0 bridgehead atoms. The van der Waals surface area contributed by atoms with Gasteiger partial charge in [-0.2, -0.15) is 0 Å². The fraction of sp³-hybridized carbons (Fsp3) is 0.312. The maximum atomic E-state index is 12.5. The van der Waals surface area contributed by atoms with Crippen LogP contribution >= 0.6 is 11.3 Å². The lowest BCUT2D eigenvalue weighted by molar-refractivity contribution is 0.0588. The van der Waals surface area contributed by atoms with E-state index in [-0.39, 0.29) is 11.8 Å². The summed E-state index contributed by atoms with van der Waals surface area (Å²) in [5.74, 6) is -0.178. The minimum atomic E-state index is -0.602. The van der Waals surface area contributed by atoms with Crippen molar-refractivity contribution in [3.63, 3.8) is 0 Å². The van der Waals surface area contributed by atoms with Gasteiger partial charge in [-0.15, -0.1) is 11.3 Å². The summed E-state index contributed by atoms with van der Waals surface area (Å²) in [6.45, 7) is 1.11. The Balaban J connectivity index is 1.60. The Morgan fingerprint density at radius 3 is 3.00 bits per heavy atom. The lowest BCUT2D eigenvalue weighted by atomic mass is 9.93. The number of aromatic nitrogens is 1. The predicted octanol–water partition coefficient (Wildman–Crippen LogP) is 1.93. The summed E-state index contributed by atoms with van der Waals surface area (Å²) in [4.78, 5) is 30.8. The highest BCUT2D eigenvalue weighted by Gasteiger charge is 2.42. The van der Waals surface area contributed by atoms with Gasteiger partial charge in [0.2, 0.25) is 0 Å². The normalized spacial score (nSPS) is 23.1. The second-order valence-corrected chi connectivity index (χ2v) is 6.63. The van der Waals surface area contributed by atoms with E-state index in [1.165, 1.54) is 11.3 Å². The molecule has 1 saturated heterocycles. The molecule has 7 heteroatoms.